The molecular weight excluding hydrogens is 417 g/mol. The van der Waals surface area contributed by atoms with Gasteiger partial charge in [0.1, 0.15) is 11.6 Å². The van der Waals surface area contributed by atoms with Gasteiger partial charge in [0.05, 0.1) is 7.11 Å². The second kappa shape index (κ2) is 10.7. The van der Waals surface area contributed by atoms with E-state index < -0.39 is 0 Å². The van der Waals surface area contributed by atoms with E-state index in [9.17, 15) is 14.0 Å². The van der Waals surface area contributed by atoms with E-state index >= 15 is 0 Å². The van der Waals surface area contributed by atoms with E-state index in [4.69, 9.17) is 4.74 Å². The predicted molar refractivity (Wildman–Crippen MR) is 119 cm³/mol. The van der Waals surface area contributed by atoms with Gasteiger partial charge in [0.15, 0.2) is 5.13 Å². The lowest BCUT2D eigenvalue weighted by molar-refractivity contribution is -0.116. The van der Waals surface area contributed by atoms with Crippen LogP contribution in [-0.2, 0) is 11.2 Å². The number of anilines is 1. The summed E-state index contributed by atoms with van der Waals surface area (Å²) in [7, 11) is 1.57. The summed E-state index contributed by atoms with van der Waals surface area (Å²) in [4.78, 5) is 29.4. The minimum atomic E-state index is -0.227. The topological polar surface area (TPSA) is 80.3 Å². The molecule has 0 aliphatic heterocycles. The van der Waals surface area contributed by atoms with Crippen LogP contribution < -0.4 is 15.4 Å². The summed E-state index contributed by atoms with van der Waals surface area (Å²) >= 11 is 1.36. The van der Waals surface area contributed by atoms with E-state index in [1.807, 2.05) is 6.07 Å². The lowest BCUT2D eigenvalue weighted by atomic mass is 10.1. The van der Waals surface area contributed by atoms with Crippen molar-refractivity contribution in [1.29, 1.82) is 0 Å². The Balaban J connectivity index is 1.39. The van der Waals surface area contributed by atoms with Gasteiger partial charge in [-0.15, -0.1) is 11.3 Å². The molecule has 6 nitrogen and oxygen atoms in total. The Bertz CT molecular complexity index is 1050. The molecule has 0 saturated carbocycles. The Labute approximate surface area is 184 Å². The van der Waals surface area contributed by atoms with Gasteiger partial charge in [0.25, 0.3) is 5.91 Å². The van der Waals surface area contributed by atoms with Crippen LogP contribution in [0.1, 0.15) is 39.2 Å². The van der Waals surface area contributed by atoms with Crippen molar-refractivity contribution in [2.75, 3.05) is 19.0 Å². The minimum absolute atomic E-state index is 0.166. The monoisotopic (exact) mass is 441 g/mol. The van der Waals surface area contributed by atoms with Gasteiger partial charge in [-0.25, -0.2) is 9.37 Å². The summed E-state index contributed by atoms with van der Waals surface area (Å²) in [5, 5.41) is 6.07. The molecule has 162 valence electrons. The third-order valence-corrected chi connectivity index (χ3v) is 5.55. The van der Waals surface area contributed by atoms with Gasteiger partial charge in [-0.1, -0.05) is 12.1 Å². The van der Waals surface area contributed by atoms with Crippen LogP contribution in [0.2, 0.25) is 0 Å². The molecular formula is C23H24FN3O3S. The Kier molecular flexibility index (Phi) is 7.72. The zero-order valence-corrected chi connectivity index (χ0v) is 18.2. The van der Waals surface area contributed by atoms with Crippen LogP contribution in [0.4, 0.5) is 9.52 Å². The fraction of sp³-hybridized carbons (Fsp3) is 0.261. The number of hydrogen-bond donors (Lipinski definition) is 2. The molecule has 0 bridgehead atoms. The molecule has 3 aromatic rings. The highest BCUT2D eigenvalue weighted by atomic mass is 32.1. The largest absolute Gasteiger partial charge is 0.497 e. The highest BCUT2D eigenvalue weighted by Crippen LogP contribution is 2.22. The molecule has 1 aromatic heterocycles. The average molecular weight is 442 g/mol. The highest BCUT2D eigenvalue weighted by Gasteiger charge is 2.09. The van der Waals surface area contributed by atoms with Crippen molar-refractivity contribution in [2.45, 2.75) is 26.2 Å². The van der Waals surface area contributed by atoms with Crippen molar-refractivity contribution in [2.24, 2.45) is 0 Å². The van der Waals surface area contributed by atoms with Crippen molar-refractivity contribution >= 4 is 28.3 Å². The number of aryl methyl sites for hydroxylation is 1. The maximum Gasteiger partial charge on any atom is 0.251 e. The second-order valence-corrected chi connectivity index (χ2v) is 8.14. The molecule has 8 heteroatoms. The molecule has 1 heterocycles. The van der Waals surface area contributed by atoms with Gasteiger partial charge in [0.2, 0.25) is 5.91 Å². The molecule has 0 unspecified atom stereocenters. The summed E-state index contributed by atoms with van der Waals surface area (Å²) in [6, 6.07) is 12.0. The van der Waals surface area contributed by atoms with Gasteiger partial charge in [-0.3, -0.25) is 9.59 Å². The SMILES string of the molecule is COc1ccc(C(=O)NCCCC(=O)Nc2ncc(Cc3ccc(C)c(F)c3)s2)cc1. The first kappa shape index (κ1) is 22.4. The number of nitrogens with zero attached hydrogens (tertiary/aromatic N) is 1. The fourth-order valence-electron chi connectivity index (χ4n) is 2.87. The lowest BCUT2D eigenvalue weighted by Gasteiger charge is -2.06. The van der Waals surface area contributed by atoms with Crippen molar-refractivity contribution < 1.29 is 18.7 Å². The number of benzene rings is 2. The first-order chi connectivity index (χ1) is 14.9. The molecule has 2 amide bonds. The number of thiazole rings is 1. The maximum absolute atomic E-state index is 13.7. The number of hydrogen-bond acceptors (Lipinski definition) is 5. The van der Waals surface area contributed by atoms with E-state index in [0.717, 1.165) is 10.4 Å². The molecule has 0 fully saturated rings. The Morgan fingerprint density at radius 2 is 1.94 bits per heavy atom. The maximum atomic E-state index is 13.7. The van der Waals surface area contributed by atoms with Gasteiger partial charge in [0, 0.05) is 36.0 Å². The third-order valence-electron chi connectivity index (χ3n) is 4.63. The van der Waals surface area contributed by atoms with E-state index in [-0.39, 0.29) is 24.1 Å². The van der Waals surface area contributed by atoms with Crippen LogP contribution in [0.5, 0.6) is 5.75 Å². The number of ether oxygens (including phenoxy) is 1. The number of methoxy groups -OCH3 is 1. The number of amides is 2. The summed E-state index contributed by atoms with van der Waals surface area (Å²) in [5.41, 5.74) is 2.01. The molecule has 2 aromatic carbocycles. The van der Waals surface area contributed by atoms with Gasteiger partial charge >= 0.3 is 0 Å². The molecule has 31 heavy (non-hydrogen) atoms. The van der Waals surface area contributed by atoms with Crippen LogP contribution >= 0.6 is 11.3 Å². The Morgan fingerprint density at radius 3 is 2.65 bits per heavy atom. The van der Waals surface area contributed by atoms with Crippen LogP contribution in [-0.4, -0.2) is 30.5 Å². The van der Waals surface area contributed by atoms with Crippen LogP contribution in [0.25, 0.3) is 0 Å². The van der Waals surface area contributed by atoms with Crippen LogP contribution in [0.15, 0.2) is 48.7 Å². The van der Waals surface area contributed by atoms with E-state index in [0.29, 0.717) is 41.4 Å². The van der Waals surface area contributed by atoms with Crippen molar-refractivity contribution in [1.82, 2.24) is 10.3 Å². The fourth-order valence-corrected chi connectivity index (χ4v) is 3.73. The summed E-state index contributed by atoms with van der Waals surface area (Å²) < 4.78 is 18.8. The van der Waals surface area contributed by atoms with E-state index in [1.165, 1.54) is 17.4 Å². The number of nitrogens with one attached hydrogen (secondary N) is 2. The predicted octanol–water partition coefficient (Wildman–Crippen LogP) is 4.34. The zero-order valence-electron chi connectivity index (χ0n) is 17.4. The third kappa shape index (κ3) is 6.62. The van der Waals surface area contributed by atoms with Gasteiger partial charge < -0.3 is 15.4 Å². The second-order valence-electron chi connectivity index (χ2n) is 7.03. The number of carbonyl (C=O) groups is 2. The van der Waals surface area contributed by atoms with Gasteiger partial charge in [-0.2, -0.15) is 0 Å². The first-order valence-electron chi connectivity index (χ1n) is 9.86. The van der Waals surface area contributed by atoms with E-state index in [2.05, 4.69) is 15.6 Å². The zero-order chi connectivity index (χ0) is 22.2. The number of carbonyl (C=O) groups excluding carboxylic acids is 2. The minimum Gasteiger partial charge on any atom is -0.497 e. The summed E-state index contributed by atoms with van der Waals surface area (Å²) in [6.45, 7) is 2.12. The number of halogens is 1. The molecule has 2 N–H and O–H groups in total. The Morgan fingerprint density at radius 1 is 1.16 bits per heavy atom. The first-order valence-corrected chi connectivity index (χ1v) is 10.7. The highest BCUT2D eigenvalue weighted by molar-refractivity contribution is 7.15. The molecule has 0 atom stereocenters. The summed E-state index contributed by atoms with van der Waals surface area (Å²) in [5.74, 6) is 0.0976. The van der Waals surface area contributed by atoms with Crippen molar-refractivity contribution in [3.05, 3.63) is 76.0 Å². The molecule has 3 rings (SSSR count). The quantitative estimate of drug-likeness (QED) is 0.484. The molecule has 0 saturated heterocycles. The smallest absolute Gasteiger partial charge is 0.251 e. The molecule has 0 aliphatic carbocycles. The average Bonchev–Trinajstić information content (AvgIpc) is 3.20. The van der Waals surface area contributed by atoms with E-state index in [1.54, 1.807) is 50.6 Å². The molecule has 0 spiro atoms. The van der Waals surface area contributed by atoms with Crippen molar-refractivity contribution in [3.8, 4) is 5.75 Å². The van der Waals surface area contributed by atoms with Gasteiger partial charge in [-0.05, 0) is 54.8 Å². The van der Waals surface area contributed by atoms with Crippen LogP contribution in [0, 0.1) is 12.7 Å². The number of rotatable bonds is 9. The molecule has 0 aliphatic rings. The van der Waals surface area contributed by atoms with Crippen LogP contribution in [0.3, 0.4) is 0 Å². The van der Waals surface area contributed by atoms with Crippen molar-refractivity contribution in [3.63, 3.8) is 0 Å². The molecule has 0 radical (unpaired) electrons. The lowest BCUT2D eigenvalue weighted by Crippen LogP contribution is -2.25. The normalized spacial score (nSPS) is 10.5. The summed E-state index contributed by atoms with van der Waals surface area (Å²) in [6.07, 6.45) is 3.02. The Hall–Kier alpha value is -3.26. The standard InChI is InChI=1S/C23H24FN3O3S/c1-15-5-6-16(13-20(15)24)12-19-14-26-23(31-19)27-21(28)4-3-11-25-22(29)17-7-9-18(30-2)10-8-17/h5-10,13-14H,3-4,11-12H2,1-2H3,(H,25,29)(H,26,27,28). The number of aromatic nitrogens is 1.